The number of pyridine rings is 1. The molecule has 3 heteroatoms. The van der Waals surface area contributed by atoms with Crippen molar-refractivity contribution < 1.29 is 4.74 Å². The number of hydrogen-bond donors (Lipinski definition) is 0. The summed E-state index contributed by atoms with van der Waals surface area (Å²) in [4.78, 5) is 4.18. The van der Waals surface area contributed by atoms with Crippen molar-refractivity contribution in [3.8, 4) is 17.7 Å². The predicted molar refractivity (Wildman–Crippen MR) is 92.9 cm³/mol. The Kier molecular flexibility index (Phi) is 4.21. The Bertz CT molecular complexity index is 756. The second kappa shape index (κ2) is 6.65. The summed E-state index contributed by atoms with van der Waals surface area (Å²) < 4.78 is 5.87. The molecule has 2 aromatic rings. The van der Waals surface area contributed by atoms with Crippen molar-refractivity contribution in [1.82, 2.24) is 4.98 Å². The minimum Gasteiger partial charge on any atom is -0.439 e. The highest BCUT2D eigenvalue weighted by atomic mass is 16.5. The third-order valence-electron chi connectivity index (χ3n) is 5.65. The van der Waals surface area contributed by atoms with E-state index in [1.165, 1.54) is 49.7 Å². The van der Waals surface area contributed by atoms with Gasteiger partial charge in [-0.25, -0.2) is 4.98 Å². The quantitative estimate of drug-likeness (QED) is 0.745. The number of hydrogen-bond acceptors (Lipinski definition) is 3. The van der Waals surface area contributed by atoms with Gasteiger partial charge in [-0.2, -0.15) is 5.26 Å². The summed E-state index contributed by atoms with van der Waals surface area (Å²) in [6, 6.07) is 12.0. The molecule has 4 rings (SSSR count). The number of fused-ring (bicyclic) bond motifs is 1. The second-order valence-corrected chi connectivity index (χ2v) is 7.06. The van der Waals surface area contributed by atoms with Gasteiger partial charge >= 0.3 is 0 Å². The molecule has 1 aromatic carbocycles. The number of aromatic nitrogens is 1. The summed E-state index contributed by atoms with van der Waals surface area (Å²) >= 11 is 0. The van der Waals surface area contributed by atoms with Crippen molar-refractivity contribution in [2.75, 3.05) is 0 Å². The molecule has 1 atom stereocenters. The van der Waals surface area contributed by atoms with Crippen LogP contribution in [0.5, 0.6) is 11.6 Å². The molecular weight excluding hydrogens is 296 g/mol. The summed E-state index contributed by atoms with van der Waals surface area (Å²) in [5, 5.41) is 8.83. The third kappa shape index (κ3) is 3.14. The molecule has 1 heterocycles. The lowest BCUT2D eigenvalue weighted by atomic mass is 9.73. The van der Waals surface area contributed by atoms with E-state index < -0.39 is 0 Å². The van der Waals surface area contributed by atoms with Crippen LogP contribution in [0.25, 0.3) is 0 Å². The Balaban J connectivity index is 1.47. The van der Waals surface area contributed by atoms with Gasteiger partial charge in [-0.1, -0.05) is 25.3 Å². The van der Waals surface area contributed by atoms with Gasteiger partial charge in [0.1, 0.15) is 11.8 Å². The van der Waals surface area contributed by atoms with Gasteiger partial charge in [-0.05, 0) is 66.8 Å². The van der Waals surface area contributed by atoms with Crippen LogP contribution in [0.3, 0.4) is 0 Å². The van der Waals surface area contributed by atoms with Crippen LogP contribution in [0, 0.1) is 23.2 Å². The lowest BCUT2D eigenvalue weighted by Gasteiger charge is -2.33. The maximum Gasteiger partial charge on any atom is 0.219 e. The van der Waals surface area contributed by atoms with Crippen LogP contribution >= 0.6 is 0 Å². The Morgan fingerprint density at radius 2 is 1.75 bits per heavy atom. The normalized spacial score (nSPS) is 20.4. The Morgan fingerprint density at radius 3 is 2.42 bits per heavy atom. The Hall–Kier alpha value is -2.34. The molecule has 2 aliphatic carbocycles. The molecule has 122 valence electrons. The van der Waals surface area contributed by atoms with Crippen molar-refractivity contribution in [2.45, 2.75) is 44.9 Å². The molecular formula is C21H22N2O. The number of aryl methyl sites for hydroxylation is 2. The molecule has 1 fully saturated rings. The van der Waals surface area contributed by atoms with E-state index in [0.717, 1.165) is 24.0 Å². The van der Waals surface area contributed by atoms with E-state index in [1.807, 2.05) is 6.07 Å². The molecule has 0 aliphatic heterocycles. The van der Waals surface area contributed by atoms with Gasteiger partial charge in [0, 0.05) is 12.3 Å². The summed E-state index contributed by atoms with van der Waals surface area (Å²) in [5.74, 6) is 3.27. The first-order valence-corrected chi connectivity index (χ1v) is 8.97. The zero-order chi connectivity index (χ0) is 16.4. The third-order valence-corrected chi connectivity index (χ3v) is 5.65. The van der Waals surface area contributed by atoms with Gasteiger partial charge in [0.25, 0.3) is 0 Å². The lowest BCUT2D eigenvalue weighted by Crippen LogP contribution is -2.22. The number of nitriles is 1. The molecule has 24 heavy (non-hydrogen) atoms. The van der Waals surface area contributed by atoms with Crippen molar-refractivity contribution in [2.24, 2.45) is 11.8 Å². The van der Waals surface area contributed by atoms with Crippen molar-refractivity contribution in [3.05, 3.63) is 53.2 Å². The van der Waals surface area contributed by atoms with Crippen molar-refractivity contribution >= 4 is 0 Å². The predicted octanol–water partition coefficient (Wildman–Crippen LogP) is 5.04. The first kappa shape index (κ1) is 15.2. The maximum atomic E-state index is 8.83. The topological polar surface area (TPSA) is 45.9 Å². The molecule has 0 N–H and O–H groups in total. The fraction of sp³-hybridized carbons (Fsp3) is 0.429. The summed E-state index contributed by atoms with van der Waals surface area (Å²) in [5.41, 5.74) is 3.46. The molecule has 1 aromatic heterocycles. The second-order valence-electron chi connectivity index (χ2n) is 7.06. The Morgan fingerprint density at radius 1 is 0.958 bits per heavy atom. The highest BCUT2D eigenvalue weighted by molar-refractivity contribution is 5.39. The van der Waals surface area contributed by atoms with Gasteiger partial charge in [-0.15, -0.1) is 0 Å². The van der Waals surface area contributed by atoms with Crippen LogP contribution < -0.4 is 4.74 Å². The number of nitrogens with zero attached hydrogens (tertiary/aromatic N) is 2. The molecule has 0 amide bonds. The summed E-state index contributed by atoms with van der Waals surface area (Å²) in [6.07, 6.45) is 10.9. The largest absolute Gasteiger partial charge is 0.439 e. The maximum absolute atomic E-state index is 8.83. The molecule has 0 radical (unpaired) electrons. The van der Waals surface area contributed by atoms with E-state index >= 15 is 0 Å². The lowest BCUT2D eigenvalue weighted by molar-refractivity contribution is 0.188. The van der Waals surface area contributed by atoms with Gasteiger partial charge in [0.15, 0.2) is 0 Å². The zero-order valence-electron chi connectivity index (χ0n) is 13.9. The molecule has 3 nitrogen and oxygen atoms in total. The van der Waals surface area contributed by atoms with Crippen LogP contribution in [-0.2, 0) is 12.8 Å². The molecule has 0 saturated heterocycles. The zero-order valence-corrected chi connectivity index (χ0v) is 13.9. The van der Waals surface area contributed by atoms with Crippen LogP contribution in [0.2, 0.25) is 0 Å². The minimum absolute atomic E-state index is 0.537. The Labute approximate surface area is 143 Å². The van der Waals surface area contributed by atoms with Gasteiger partial charge < -0.3 is 4.74 Å². The van der Waals surface area contributed by atoms with E-state index in [9.17, 15) is 0 Å². The van der Waals surface area contributed by atoms with Crippen molar-refractivity contribution in [1.29, 1.82) is 5.26 Å². The van der Waals surface area contributed by atoms with E-state index in [0.29, 0.717) is 11.4 Å². The van der Waals surface area contributed by atoms with Gasteiger partial charge in [0.05, 0.1) is 5.56 Å². The average molecular weight is 318 g/mol. The summed E-state index contributed by atoms with van der Waals surface area (Å²) in [7, 11) is 0. The van der Waals surface area contributed by atoms with Crippen LogP contribution in [-0.4, -0.2) is 4.98 Å². The first-order valence-electron chi connectivity index (χ1n) is 8.97. The van der Waals surface area contributed by atoms with Crippen LogP contribution in [0.15, 0.2) is 36.5 Å². The van der Waals surface area contributed by atoms with Gasteiger partial charge in [-0.3, -0.25) is 0 Å². The molecule has 2 aliphatic rings. The first-order chi connectivity index (χ1) is 11.8. The van der Waals surface area contributed by atoms with Gasteiger partial charge in [0.2, 0.25) is 5.88 Å². The van der Waals surface area contributed by atoms with E-state index in [4.69, 9.17) is 10.00 Å². The SMILES string of the molecule is N#Cc1ccc(Oc2ccc3c(c2)CCC(C2CCC2)CC3)nc1. The average Bonchev–Trinajstić information content (AvgIpc) is 2.77. The standard InChI is InChI=1S/C21H22N2O/c22-13-15-4-11-21(23-14-15)24-20-10-9-18-6-5-17(16-2-1-3-16)7-8-19(18)12-20/h4,9-12,14,16-17H,1-3,5-8H2. The fourth-order valence-electron chi connectivity index (χ4n) is 3.98. The van der Waals surface area contributed by atoms with E-state index in [-0.39, 0.29) is 0 Å². The molecule has 1 saturated carbocycles. The number of rotatable bonds is 3. The highest BCUT2D eigenvalue weighted by Gasteiger charge is 2.28. The van der Waals surface area contributed by atoms with Crippen LogP contribution in [0.4, 0.5) is 0 Å². The van der Waals surface area contributed by atoms with Crippen molar-refractivity contribution in [3.63, 3.8) is 0 Å². The smallest absolute Gasteiger partial charge is 0.219 e. The molecule has 0 bridgehead atoms. The number of benzene rings is 1. The number of ether oxygens (including phenoxy) is 1. The van der Waals surface area contributed by atoms with E-state index in [1.54, 1.807) is 18.3 Å². The van der Waals surface area contributed by atoms with E-state index in [2.05, 4.69) is 23.2 Å². The fourth-order valence-corrected chi connectivity index (χ4v) is 3.98. The molecule has 0 spiro atoms. The van der Waals surface area contributed by atoms with Crippen LogP contribution in [0.1, 0.15) is 48.8 Å². The molecule has 1 unspecified atom stereocenters. The highest BCUT2D eigenvalue weighted by Crippen LogP contribution is 2.40. The summed E-state index contributed by atoms with van der Waals surface area (Å²) in [6.45, 7) is 0. The minimum atomic E-state index is 0.537. The monoisotopic (exact) mass is 318 g/mol.